The van der Waals surface area contributed by atoms with E-state index in [1.54, 1.807) is 4.90 Å². The van der Waals surface area contributed by atoms with E-state index in [0.717, 1.165) is 25.9 Å². The molecule has 5 nitrogen and oxygen atoms in total. The highest BCUT2D eigenvalue weighted by Crippen LogP contribution is 2.16. The van der Waals surface area contributed by atoms with E-state index in [1.807, 2.05) is 6.92 Å². The average Bonchev–Trinajstić information content (AvgIpc) is 2.78. The molecule has 0 aliphatic carbocycles. The van der Waals surface area contributed by atoms with Crippen LogP contribution >= 0.6 is 0 Å². The van der Waals surface area contributed by atoms with Gasteiger partial charge in [0.05, 0.1) is 12.6 Å². The Kier molecular flexibility index (Phi) is 4.58. The molecule has 0 spiro atoms. The van der Waals surface area contributed by atoms with Gasteiger partial charge in [-0.3, -0.25) is 9.59 Å². The highest BCUT2D eigenvalue weighted by molar-refractivity contribution is 5.88. The summed E-state index contributed by atoms with van der Waals surface area (Å²) in [6, 6.07) is -0.195. The van der Waals surface area contributed by atoms with Crippen molar-refractivity contribution in [3.63, 3.8) is 0 Å². The Labute approximate surface area is 108 Å². The number of likely N-dealkylation sites (tertiary alicyclic amines) is 1. The smallest absolute Gasteiger partial charge is 0.243 e. The molecular formula is C13H22N2O3. The summed E-state index contributed by atoms with van der Waals surface area (Å²) < 4.78 is 5.35. The van der Waals surface area contributed by atoms with Gasteiger partial charge in [0.2, 0.25) is 11.8 Å². The predicted molar refractivity (Wildman–Crippen MR) is 67.0 cm³/mol. The maximum atomic E-state index is 12.2. The van der Waals surface area contributed by atoms with Crippen molar-refractivity contribution in [2.75, 3.05) is 19.8 Å². The zero-order valence-electron chi connectivity index (χ0n) is 11.0. The summed E-state index contributed by atoms with van der Waals surface area (Å²) in [5, 5.41) is 3.01. The molecule has 0 aromatic rings. The third-order valence-corrected chi connectivity index (χ3v) is 3.68. The molecule has 0 bridgehead atoms. The first-order valence-corrected chi connectivity index (χ1v) is 6.90. The Morgan fingerprint density at radius 3 is 2.94 bits per heavy atom. The first-order valence-electron chi connectivity index (χ1n) is 6.90. The quantitative estimate of drug-likeness (QED) is 0.802. The monoisotopic (exact) mass is 254 g/mol. The summed E-state index contributed by atoms with van der Waals surface area (Å²) in [4.78, 5) is 25.6. The van der Waals surface area contributed by atoms with Crippen molar-refractivity contribution >= 4 is 11.8 Å². The Morgan fingerprint density at radius 2 is 2.39 bits per heavy atom. The van der Waals surface area contributed by atoms with Crippen LogP contribution in [-0.4, -0.2) is 48.6 Å². The molecule has 18 heavy (non-hydrogen) atoms. The van der Waals surface area contributed by atoms with Gasteiger partial charge in [-0.1, -0.05) is 6.92 Å². The van der Waals surface area contributed by atoms with Crippen LogP contribution in [0.25, 0.3) is 0 Å². The molecule has 2 heterocycles. The van der Waals surface area contributed by atoms with Gasteiger partial charge in [-0.15, -0.1) is 0 Å². The number of carbonyl (C=O) groups is 2. The van der Waals surface area contributed by atoms with E-state index in [4.69, 9.17) is 4.74 Å². The number of hydrogen-bond donors (Lipinski definition) is 1. The van der Waals surface area contributed by atoms with E-state index in [1.165, 1.54) is 0 Å². The van der Waals surface area contributed by atoms with Crippen molar-refractivity contribution in [1.82, 2.24) is 10.2 Å². The molecule has 2 rings (SSSR count). The second kappa shape index (κ2) is 6.18. The maximum absolute atomic E-state index is 12.2. The van der Waals surface area contributed by atoms with Gasteiger partial charge in [0.1, 0.15) is 6.04 Å². The number of hydrogen-bond acceptors (Lipinski definition) is 3. The second-order valence-electron chi connectivity index (χ2n) is 5.04. The fourth-order valence-corrected chi connectivity index (χ4v) is 2.70. The molecule has 2 fully saturated rings. The van der Waals surface area contributed by atoms with Crippen LogP contribution in [-0.2, 0) is 14.3 Å². The van der Waals surface area contributed by atoms with Crippen molar-refractivity contribution < 1.29 is 14.3 Å². The van der Waals surface area contributed by atoms with Gasteiger partial charge in [0.25, 0.3) is 0 Å². The zero-order chi connectivity index (χ0) is 13.0. The van der Waals surface area contributed by atoms with Gasteiger partial charge in [-0.05, 0) is 25.7 Å². The predicted octanol–water partition coefficient (Wildman–Crippen LogP) is 0.683. The van der Waals surface area contributed by atoms with Crippen LogP contribution in [0.15, 0.2) is 0 Å². The van der Waals surface area contributed by atoms with Gasteiger partial charge in [-0.2, -0.15) is 0 Å². The first-order chi connectivity index (χ1) is 8.72. The molecule has 0 aromatic carbocycles. The van der Waals surface area contributed by atoms with Crippen LogP contribution in [0.2, 0.25) is 0 Å². The fourth-order valence-electron chi connectivity index (χ4n) is 2.70. The lowest BCUT2D eigenvalue weighted by Crippen LogP contribution is -2.51. The Morgan fingerprint density at radius 1 is 1.56 bits per heavy atom. The van der Waals surface area contributed by atoms with E-state index >= 15 is 0 Å². The summed E-state index contributed by atoms with van der Waals surface area (Å²) in [5.41, 5.74) is 0. The van der Waals surface area contributed by atoms with Crippen molar-refractivity contribution in [3.05, 3.63) is 0 Å². The van der Waals surface area contributed by atoms with E-state index < -0.39 is 0 Å². The Hall–Kier alpha value is -1.10. The molecule has 0 unspecified atom stereocenters. The van der Waals surface area contributed by atoms with Crippen molar-refractivity contribution in [2.45, 2.75) is 51.1 Å². The minimum absolute atomic E-state index is 0.0248. The van der Waals surface area contributed by atoms with Crippen molar-refractivity contribution in [2.24, 2.45) is 0 Å². The van der Waals surface area contributed by atoms with Crippen LogP contribution in [0.3, 0.4) is 0 Å². The standard InChI is InChI=1S/C13H22N2O3/c1-2-11(15-7-3-6-12(15)16)13(17)14-10-5-4-8-18-9-10/h10-11H,2-9H2,1H3,(H,14,17)/t10-,11+/m0/s1. The molecule has 2 aliphatic heterocycles. The van der Waals surface area contributed by atoms with Gasteiger partial charge < -0.3 is 15.0 Å². The summed E-state index contributed by atoms with van der Waals surface area (Å²) in [6.45, 7) is 4.05. The molecule has 2 amide bonds. The number of carbonyl (C=O) groups excluding carboxylic acids is 2. The SMILES string of the molecule is CC[C@H](C(=O)N[C@H]1CCCOC1)N1CCCC1=O. The van der Waals surface area contributed by atoms with Crippen LogP contribution in [0.5, 0.6) is 0 Å². The van der Waals surface area contributed by atoms with Crippen molar-refractivity contribution in [3.8, 4) is 0 Å². The highest BCUT2D eigenvalue weighted by atomic mass is 16.5. The summed E-state index contributed by atoms with van der Waals surface area (Å²) in [5.74, 6) is 0.0835. The van der Waals surface area contributed by atoms with Gasteiger partial charge >= 0.3 is 0 Å². The van der Waals surface area contributed by atoms with E-state index in [-0.39, 0.29) is 23.9 Å². The summed E-state index contributed by atoms with van der Waals surface area (Å²) in [6.07, 6.45) is 4.08. The molecule has 0 saturated carbocycles. The molecule has 0 aromatic heterocycles. The average molecular weight is 254 g/mol. The van der Waals surface area contributed by atoms with Crippen LogP contribution in [0, 0.1) is 0 Å². The first kappa shape index (κ1) is 13.3. The van der Waals surface area contributed by atoms with E-state index in [9.17, 15) is 9.59 Å². The molecule has 0 radical (unpaired) electrons. The molecule has 5 heteroatoms. The summed E-state index contributed by atoms with van der Waals surface area (Å²) >= 11 is 0. The molecule has 2 aliphatic rings. The number of nitrogens with zero attached hydrogens (tertiary/aromatic N) is 1. The third kappa shape index (κ3) is 3.02. The maximum Gasteiger partial charge on any atom is 0.243 e. The Balaban J connectivity index is 1.90. The molecule has 2 saturated heterocycles. The topological polar surface area (TPSA) is 58.6 Å². The number of rotatable bonds is 4. The highest BCUT2D eigenvalue weighted by Gasteiger charge is 2.32. The van der Waals surface area contributed by atoms with Gasteiger partial charge in [-0.25, -0.2) is 0 Å². The van der Waals surface area contributed by atoms with Crippen LogP contribution in [0.4, 0.5) is 0 Å². The minimum Gasteiger partial charge on any atom is -0.379 e. The lowest BCUT2D eigenvalue weighted by atomic mass is 10.1. The second-order valence-corrected chi connectivity index (χ2v) is 5.04. The molecule has 2 atom stereocenters. The van der Waals surface area contributed by atoms with Crippen LogP contribution in [0.1, 0.15) is 39.0 Å². The van der Waals surface area contributed by atoms with E-state index in [0.29, 0.717) is 26.0 Å². The lowest BCUT2D eigenvalue weighted by molar-refractivity contribution is -0.138. The van der Waals surface area contributed by atoms with E-state index in [2.05, 4.69) is 5.32 Å². The zero-order valence-corrected chi connectivity index (χ0v) is 11.0. The summed E-state index contributed by atoms with van der Waals surface area (Å²) in [7, 11) is 0. The normalized spacial score (nSPS) is 26.2. The molecular weight excluding hydrogens is 232 g/mol. The molecule has 102 valence electrons. The third-order valence-electron chi connectivity index (χ3n) is 3.68. The number of amides is 2. The Bertz CT molecular complexity index is 313. The number of ether oxygens (including phenoxy) is 1. The number of nitrogens with one attached hydrogen (secondary N) is 1. The lowest BCUT2D eigenvalue weighted by Gasteiger charge is -2.29. The van der Waals surface area contributed by atoms with Crippen molar-refractivity contribution in [1.29, 1.82) is 0 Å². The van der Waals surface area contributed by atoms with Gasteiger partial charge in [0.15, 0.2) is 0 Å². The molecule has 1 N–H and O–H groups in total. The van der Waals surface area contributed by atoms with Gasteiger partial charge in [0, 0.05) is 19.6 Å². The largest absolute Gasteiger partial charge is 0.379 e. The van der Waals surface area contributed by atoms with Crippen LogP contribution < -0.4 is 5.32 Å². The minimum atomic E-state index is -0.304. The fraction of sp³-hybridized carbons (Fsp3) is 0.846.